The van der Waals surface area contributed by atoms with Gasteiger partial charge in [0.1, 0.15) is 11.5 Å². The standard InChI is InChI=1S/C21H18FN3O/c1-14-11-15-5-2-3-8-20(15)25(14)18-9-10-19(23-13-18)21(26)24-17-7-4-6-16(22)12-17/h2-10,12-14H,11H2,1H3,(H,24,26). The van der Waals surface area contributed by atoms with Gasteiger partial charge in [0.05, 0.1) is 11.9 Å². The van der Waals surface area contributed by atoms with Crippen LogP contribution < -0.4 is 10.2 Å². The van der Waals surface area contributed by atoms with Crippen molar-refractivity contribution < 1.29 is 9.18 Å². The number of benzene rings is 2. The highest BCUT2D eigenvalue weighted by Crippen LogP contribution is 2.37. The first kappa shape index (κ1) is 16.3. The molecule has 5 heteroatoms. The number of carbonyl (C=O) groups is 1. The molecule has 4 nitrogen and oxygen atoms in total. The van der Waals surface area contributed by atoms with Crippen LogP contribution in [-0.4, -0.2) is 16.9 Å². The zero-order valence-electron chi connectivity index (χ0n) is 14.3. The lowest BCUT2D eigenvalue weighted by atomic mass is 10.1. The SMILES string of the molecule is CC1Cc2ccccc2N1c1ccc(C(=O)Nc2cccc(F)c2)nc1. The summed E-state index contributed by atoms with van der Waals surface area (Å²) in [5.74, 6) is -0.759. The van der Waals surface area contributed by atoms with Crippen LogP contribution in [0.25, 0.3) is 0 Å². The molecule has 0 fully saturated rings. The van der Waals surface area contributed by atoms with Crippen LogP contribution in [0, 0.1) is 5.82 Å². The summed E-state index contributed by atoms with van der Waals surface area (Å²) in [7, 11) is 0. The number of fused-ring (bicyclic) bond motifs is 1. The van der Waals surface area contributed by atoms with Crippen LogP contribution in [0.3, 0.4) is 0 Å². The number of hydrogen-bond donors (Lipinski definition) is 1. The van der Waals surface area contributed by atoms with Crippen molar-refractivity contribution in [3.05, 3.63) is 83.9 Å². The average Bonchev–Trinajstić information content (AvgIpc) is 2.97. The van der Waals surface area contributed by atoms with Gasteiger partial charge in [-0.25, -0.2) is 9.37 Å². The van der Waals surface area contributed by atoms with Crippen molar-refractivity contribution in [2.45, 2.75) is 19.4 Å². The fourth-order valence-corrected chi connectivity index (χ4v) is 3.38. The molecule has 0 radical (unpaired) electrons. The molecule has 1 aliphatic heterocycles. The van der Waals surface area contributed by atoms with E-state index in [1.54, 1.807) is 24.4 Å². The zero-order valence-corrected chi connectivity index (χ0v) is 14.3. The Morgan fingerprint density at radius 3 is 2.77 bits per heavy atom. The molecule has 0 aliphatic carbocycles. The molecule has 26 heavy (non-hydrogen) atoms. The number of anilines is 3. The molecular weight excluding hydrogens is 329 g/mol. The van der Waals surface area contributed by atoms with Crippen molar-refractivity contribution >= 4 is 23.0 Å². The third-order valence-electron chi connectivity index (χ3n) is 4.55. The number of aromatic nitrogens is 1. The molecule has 1 N–H and O–H groups in total. The van der Waals surface area contributed by atoms with Crippen molar-refractivity contribution in [2.75, 3.05) is 10.2 Å². The Morgan fingerprint density at radius 1 is 1.15 bits per heavy atom. The molecule has 1 unspecified atom stereocenters. The van der Waals surface area contributed by atoms with Crippen molar-refractivity contribution in [3.8, 4) is 0 Å². The number of halogens is 1. The summed E-state index contributed by atoms with van der Waals surface area (Å²) in [5, 5.41) is 2.66. The summed E-state index contributed by atoms with van der Waals surface area (Å²) < 4.78 is 13.2. The van der Waals surface area contributed by atoms with Gasteiger partial charge in [0.2, 0.25) is 0 Å². The third-order valence-corrected chi connectivity index (χ3v) is 4.55. The summed E-state index contributed by atoms with van der Waals surface area (Å²) in [6.07, 6.45) is 2.69. The maximum atomic E-state index is 13.2. The molecule has 2 aromatic carbocycles. The van der Waals surface area contributed by atoms with Gasteiger partial charge in [-0.05, 0) is 55.3 Å². The average molecular weight is 347 g/mol. The molecule has 1 atom stereocenters. The first-order chi connectivity index (χ1) is 12.6. The number of para-hydroxylation sites is 1. The first-order valence-corrected chi connectivity index (χ1v) is 8.52. The highest BCUT2D eigenvalue weighted by Gasteiger charge is 2.27. The number of nitrogens with one attached hydrogen (secondary N) is 1. The predicted octanol–water partition coefficient (Wildman–Crippen LogP) is 4.56. The Morgan fingerprint density at radius 2 is 2.00 bits per heavy atom. The number of carbonyl (C=O) groups excluding carboxylic acids is 1. The van der Waals surface area contributed by atoms with Gasteiger partial charge in [-0.15, -0.1) is 0 Å². The molecule has 2 heterocycles. The van der Waals surface area contributed by atoms with Crippen LogP contribution in [0.1, 0.15) is 23.0 Å². The monoisotopic (exact) mass is 347 g/mol. The number of nitrogens with zero attached hydrogens (tertiary/aromatic N) is 2. The lowest BCUT2D eigenvalue weighted by Crippen LogP contribution is -2.24. The van der Waals surface area contributed by atoms with E-state index in [0.717, 1.165) is 12.1 Å². The lowest BCUT2D eigenvalue weighted by Gasteiger charge is -2.24. The van der Waals surface area contributed by atoms with E-state index in [0.29, 0.717) is 11.7 Å². The van der Waals surface area contributed by atoms with Crippen LogP contribution in [-0.2, 0) is 6.42 Å². The van der Waals surface area contributed by atoms with Crippen LogP contribution >= 0.6 is 0 Å². The topological polar surface area (TPSA) is 45.2 Å². The number of amides is 1. The van der Waals surface area contributed by atoms with Crippen molar-refractivity contribution in [1.82, 2.24) is 4.98 Å². The van der Waals surface area contributed by atoms with E-state index in [1.165, 1.54) is 23.4 Å². The van der Waals surface area contributed by atoms with Crippen molar-refractivity contribution in [3.63, 3.8) is 0 Å². The quantitative estimate of drug-likeness (QED) is 0.756. The van der Waals surface area contributed by atoms with Crippen LogP contribution in [0.2, 0.25) is 0 Å². The molecule has 0 bridgehead atoms. The number of rotatable bonds is 3. The lowest BCUT2D eigenvalue weighted by molar-refractivity contribution is 0.102. The van der Waals surface area contributed by atoms with E-state index in [-0.39, 0.29) is 11.6 Å². The van der Waals surface area contributed by atoms with Crippen LogP contribution in [0.4, 0.5) is 21.5 Å². The molecule has 0 spiro atoms. The van der Waals surface area contributed by atoms with Gasteiger partial charge in [-0.1, -0.05) is 24.3 Å². The Kier molecular flexibility index (Phi) is 4.13. The molecule has 1 amide bonds. The second kappa shape index (κ2) is 6.59. The highest BCUT2D eigenvalue weighted by atomic mass is 19.1. The summed E-state index contributed by atoms with van der Waals surface area (Å²) in [4.78, 5) is 18.8. The van der Waals surface area contributed by atoms with Crippen LogP contribution in [0.15, 0.2) is 66.9 Å². The maximum absolute atomic E-state index is 13.2. The van der Waals surface area contributed by atoms with Gasteiger partial charge in [0.15, 0.2) is 0 Å². The van der Waals surface area contributed by atoms with E-state index < -0.39 is 5.82 Å². The second-order valence-electron chi connectivity index (χ2n) is 6.42. The van der Waals surface area contributed by atoms with Gasteiger partial charge in [-0.3, -0.25) is 4.79 Å². The summed E-state index contributed by atoms with van der Waals surface area (Å²) in [6.45, 7) is 2.17. The Balaban J connectivity index is 1.55. The Bertz CT molecular complexity index is 955. The minimum Gasteiger partial charge on any atom is -0.337 e. The minimum absolute atomic E-state index is 0.290. The molecule has 1 aliphatic rings. The molecule has 3 aromatic rings. The smallest absolute Gasteiger partial charge is 0.274 e. The number of hydrogen-bond acceptors (Lipinski definition) is 3. The summed E-state index contributed by atoms with van der Waals surface area (Å²) >= 11 is 0. The van der Waals surface area contributed by atoms with Gasteiger partial charge in [0, 0.05) is 17.4 Å². The van der Waals surface area contributed by atoms with Crippen LogP contribution in [0.5, 0.6) is 0 Å². The Labute approximate surface area is 151 Å². The molecule has 4 rings (SSSR count). The summed E-state index contributed by atoms with van der Waals surface area (Å²) in [5.41, 5.74) is 4.14. The highest BCUT2D eigenvalue weighted by molar-refractivity contribution is 6.03. The van der Waals surface area contributed by atoms with Gasteiger partial charge in [0.25, 0.3) is 5.91 Å². The maximum Gasteiger partial charge on any atom is 0.274 e. The van der Waals surface area contributed by atoms with E-state index in [9.17, 15) is 9.18 Å². The molecule has 0 saturated heterocycles. The zero-order chi connectivity index (χ0) is 18.1. The van der Waals surface area contributed by atoms with Gasteiger partial charge < -0.3 is 10.2 Å². The van der Waals surface area contributed by atoms with Crippen molar-refractivity contribution in [2.24, 2.45) is 0 Å². The summed E-state index contributed by atoms with van der Waals surface area (Å²) in [6, 6.07) is 18.0. The van der Waals surface area contributed by atoms with E-state index in [4.69, 9.17) is 0 Å². The van der Waals surface area contributed by atoms with E-state index in [1.807, 2.05) is 18.2 Å². The molecule has 0 saturated carbocycles. The fourth-order valence-electron chi connectivity index (χ4n) is 3.38. The van der Waals surface area contributed by atoms with Crippen molar-refractivity contribution in [1.29, 1.82) is 0 Å². The number of pyridine rings is 1. The molecular formula is C21H18FN3O. The predicted molar refractivity (Wildman–Crippen MR) is 100 cm³/mol. The normalized spacial score (nSPS) is 15.6. The molecule has 1 aromatic heterocycles. The van der Waals surface area contributed by atoms with Gasteiger partial charge in [-0.2, -0.15) is 0 Å². The Hall–Kier alpha value is -3.21. The van der Waals surface area contributed by atoms with E-state index >= 15 is 0 Å². The second-order valence-corrected chi connectivity index (χ2v) is 6.42. The first-order valence-electron chi connectivity index (χ1n) is 8.52. The third kappa shape index (κ3) is 3.04. The molecule has 130 valence electrons. The van der Waals surface area contributed by atoms with Gasteiger partial charge >= 0.3 is 0 Å². The van der Waals surface area contributed by atoms with E-state index in [2.05, 4.69) is 34.3 Å². The minimum atomic E-state index is -0.396. The fraction of sp³-hybridized carbons (Fsp3) is 0.143. The largest absolute Gasteiger partial charge is 0.337 e.